The average Bonchev–Trinajstić information content (AvgIpc) is 2.30. The Morgan fingerprint density at radius 2 is 1.92 bits per heavy atom. The van der Waals surface area contributed by atoms with E-state index in [1.54, 1.807) is 0 Å². The molecule has 0 radical (unpaired) electrons. The molecule has 1 aromatic rings. The van der Waals surface area contributed by atoms with Crippen LogP contribution in [-0.4, -0.2) is 5.71 Å². The number of hydrogen-bond donors (Lipinski definition) is 0. The number of rotatable bonds is 0. The highest BCUT2D eigenvalue weighted by Gasteiger charge is 2.18. The van der Waals surface area contributed by atoms with Crippen LogP contribution in [0.25, 0.3) is 0 Å². The van der Waals surface area contributed by atoms with Crippen LogP contribution in [0.1, 0.15) is 25.3 Å². The molecule has 1 atom stereocenters. The number of halogens is 1. The highest BCUT2D eigenvalue weighted by Crippen LogP contribution is 2.34. The normalized spacial score (nSPS) is 19.5. The smallest absolute Gasteiger partial charge is 0.0667 e. The average molecular weight is 273 g/mol. The van der Waals surface area contributed by atoms with Crippen molar-refractivity contribution < 1.29 is 0 Å². The summed E-state index contributed by atoms with van der Waals surface area (Å²) in [6, 6.07) is 8.33. The molecule has 12 heavy (non-hydrogen) atoms. The third kappa shape index (κ3) is 1.40. The molecule has 1 aliphatic heterocycles. The van der Waals surface area contributed by atoms with Crippen LogP contribution >= 0.6 is 24.0 Å². The van der Waals surface area contributed by atoms with Crippen molar-refractivity contribution in [3.8, 4) is 0 Å². The molecule has 1 nitrogen and oxygen atoms in total. The van der Waals surface area contributed by atoms with E-state index in [1.807, 2.05) is 6.07 Å². The molecule has 0 aliphatic carbocycles. The van der Waals surface area contributed by atoms with E-state index in [-0.39, 0.29) is 24.0 Å². The molecule has 0 saturated carbocycles. The minimum absolute atomic E-state index is 0. The van der Waals surface area contributed by atoms with Gasteiger partial charge in [-0.05, 0) is 18.6 Å². The van der Waals surface area contributed by atoms with Crippen molar-refractivity contribution in [3.05, 3.63) is 29.8 Å². The van der Waals surface area contributed by atoms with Gasteiger partial charge in [-0.25, -0.2) is 0 Å². The zero-order valence-electron chi connectivity index (χ0n) is 7.24. The van der Waals surface area contributed by atoms with Crippen LogP contribution in [0, 0.1) is 0 Å². The van der Waals surface area contributed by atoms with E-state index >= 15 is 0 Å². The van der Waals surface area contributed by atoms with Crippen LogP contribution in [0.2, 0.25) is 0 Å². The van der Waals surface area contributed by atoms with Gasteiger partial charge < -0.3 is 0 Å². The van der Waals surface area contributed by atoms with Gasteiger partial charge in [0, 0.05) is 11.6 Å². The molecular formula is C10H12IN. The van der Waals surface area contributed by atoms with Gasteiger partial charge in [-0.15, -0.1) is 24.0 Å². The molecule has 2 rings (SSSR count). The molecule has 0 bridgehead atoms. The van der Waals surface area contributed by atoms with Gasteiger partial charge in [0.2, 0.25) is 0 Å². The van der Waals surface area contributed by atoms with Crippen molar-refractivity contribution in [1.29, 1.82) is 0 Å². The monoisotopic (exact) mass is 273 g/mol. The van der Waals surface area contributed by atoms with Gasteiger partial charge in [0.15, 0.2) is 0 Å². The Morgan fingerprint density at radius 1 is 1.25 bits per heavy atom. The van der Waals surface area contributed by atoms with E-state index in [0.717, 1.165) is 5.69 Å². The SMILES string of the molecule is CC1=Nc2ccccc2C1C.I. The zero-order valence-corrected chi connectivity index (χ0v) is 9.57. The molecule has 1 aromatic carbocycles. The van der Waals surface area contributed by atoms with Gasteiger partial charge >= 0.3 is 0 Å². The van der Waals surface area contributed by atoms with E-state index in [1.165, 1.54) is 11.3 Å². The number of fused-ring (bicyclic) bond motifs is 1. The van der Waals surface area contributed by atoms with E-state index in [2.05, 4.69) is 37.0 Å². The second-order valence-electron chi connectivity index (χ2n) is 3.03. The van der Waals surface area contributed by atoms with Crippen molar-refractivity contribution in [2.24, 2.45) is 4.99 Å². The van der Waals surface area contributed by atoms with Crippen LogP contribution in [0.3, 0.4) is 0 Å². The summed E-state index contributed by atoms with van der Waals surface area (Å²) in [5.74, 6) is 0.520. The molecule has 1 aliphatic rings. The van der Waals surface area contributed by atoms with Gasteiger partial charge in [0.05, 0.1) is 5.69 Å². The predicted molar refractivity (Wildman–Crippen MR) is 63.0 cm³/mol. The number of benzene rings is 1. The summed E-state index contributed by atoms with van der Waals surface area (Å²) >= 11 is 0. The molecule has 0 amide bonds. The van der Waals surface area contributed by atoms with Crippen molar-refractivity contribution >= 4 is 35.4 Å². The maximum absolute atomic E-state index is 4.45. The van der Waals surface area contributed by atoms with E-state index in [9.17, 15) is 0 Å². The fourth-order valence-electron chi connectivity index (χ4n) is 1.47. The van der Waals surface area contributed by atoms with E-state index in [4.69, 9.17) is 0 Å². The van der Waals surface area contributed by atoms with Crippen molar-refractivity contribution in [2.75, 3.05) is 0 Å². The molecule has 0 fully saturated rings. The first kappa shape index (κ1) is 9.71. The minimum Gasteiger partial charge on any atom is -0.257 e. The fourth-order valence-corrected chi connectivity index (χ4v) is 1.47. The largest absolute Gasteiger partial charge is 0.257 e. The number of hydrogen-bond acceptors (Lipinski definition) is 1. The van der Waals surface area contributed by atoms with E-state index in [0.29, 0.717) is 5.92 Å². The van der Waals surface area contributed by atoms with Crippen molar-refractivity contribution in [3.63, 3.8) is 0 Å². The minimum atomic E-state index is 0. The zero-order chi connectivity index (χ0) is 7.84. The number of nitrogens with zero attached hydrogens (tertiary/aromatic N) is 1. The Balaban J connectivity index is 0.000000720. The second kappa shape index (κ2) is 3.56. The third-order valence-corrected chi connectivity index (χ3v) is 2.33. The highest BCUT2D eigenvalue weighted by molar-refractivity contribution is 14.0. The van der Waals surface area contributed by atoms with Gasteiger partial charge in [0.1, 0.15) is 0 Å². The van der Waals surface area contributed by atoms with Crippen LogP contribution in [0.15, 0.2) is 29.3 Å². The molecule has 0 saturated heterocycles. The lowest BCUT2D eigenvalue weighted by atomic mass is 9.99. The van der Waals surface area contributed by atoms with Crippen LogP contribution < -0.4 is 0 Å². The Bertz CT molecular complexity index is 317. The number of para-hydroxylation sites is 1. The first-order valence-electron chi connectivity index (χ1n) is 3.93. The first-order chi connectivity index (χ1) is 5.29. The maximum Gasteiger partial charge on any atom is 0.0667 e. The van der Waals surface area contributed by atoms with Crippen molar-refractivity contribution in [1.82, 2.24) is 0 Å². The summed E-state index contributed by atoms with van der Waals surface area (Å²) in [4.78, 5) is 4.45. The van der Waals surface area contributed by atoms with Gasteiger partial charge in [-0.2, -0.15) is 0 Å². The Morgan fingerprint density at radius 3 is 2.58 bits per heavy atom. The lowest BCUT2D eigenvalue weighted by Crippen LogP contribution is -1.97. The number of aliphatic imine (C=N–C) groups is 1. The molecule has 1 unspecified atom stereocenters. The topological polar surface area (TPSA) is 12.4 Å². The lowest BCUT2D eigenvalue weighted by molar-refractivity contribution is 1.05. The van der Waals surface area contributed by atoms with E-state index < -0.39 is 0 Å². The summed E-state index contributed by atoms with van der Waals surface area (Å²) in [7, 11) is 0. The summed E-state index contributed by atoms with van der Waals surface area (Å²) < 4.78 is 0. The summed E-state index contributed by atoms with van der Waals surface area (Å²) in [6.45, 7) is 4.29. The third-order valence-electron chi connectivity index (χ3n) is 2.33. The summed E-state index contributed by atoms with van der Waals surface area (Å²) in [5, 5.41) is 0. The van der Waals surface area contributed by atoms with Gasteiger partial charge in [-0.3, -0.25) is 4.99 Å². The highest BCUT2D eigenvalue weighted by atomic mass is 127. The van der Waals surface area contributed by atoms with Crippen LogP contribution in [0.4, 0.5) is 5.69 Å². The van der Waals surface area contributed by atoms with Crippen LogP contribution in [-0.2, 0) is 0 Å². The molecule has 0 spiro atoms. The molecule has 0 N–H and O–H groups in total. The second-order valence-corrected chi connectivity index (χ2v) is 3.03. The molecule has 0 aromatic heterocycles. The molecule has 2 heteroatoms. The molecular weight excluding hydrogens is 261 g/mol. The fraction of sp³-hybridized carbons (Fsp3) is 0.300. The molecule has 64 valence electrons. The van der Waals surface area contributed by atoms with Gasteiger partial charge in [0.25, 0.3) is 0 Å². The van der Waals surface area contributed by atoms with Crippen LogP contribution in [0.5, 0.6) is 0 Å². The van der Waals surface area contributed by atoms with Crippen molar-refractivity contribution in [2.45, 2.75) is 19.8 Å². The quantitative estimate of drug-likeness (QED) is 0.641. The summed E-state index contributed by atoms with van der Waals surface area (Å²) in [6.07, 6.45) is 0. The van der Waals surface area contributed by atoms with Gasteiger partial charge in [-0.1, -0.05) is 25.1 Å². The predicted octanol–water partition coefficient (Wildman–Crippen LogP) is 3.51. The maximum atomic E-state index is 4.45. The standard InChI is InChI=1S/C10H11N.HI/c1-7-8(2)11-10-6-4-3-5-9(7)10;/h3-7H,1-2H3;1H. The summed E-state index contributed by atoms with van der Waals surface area (Å²) in [5.41, 5.74) is 3.74. The molecule has 1 heterocycles. The lowest BCUT2D eigenvalue weighted by Gasteiger charge is -2.02. The Hall–Kier alpha value is -0.380. The first-order valence-corrected chi connectivity index (χ1v) is 3.93. The Labute approximate surface area is 89.9 Å². The Kier molecular flexibility index (Phi) is 2.88.